The molecule has 1 saturated heterocycles. The van der Waals surface area contributed by atoms with Gasteiger partial charge in [0.1, 0.15) is 19.0 Å². The van der Waals surface area contributed by atoms with Gasteiger partial charge in [0.05, 0.1) is 17.7 Å². The fraction of sp³-hybridized carbons (Fsp3) is 0.593. The zero-order valence-corrected chi connectivity index (χ0v) is 20.6. The summed E-state index contributed by atoms with van der Waals surface area (Å²) in [6.07, 6.45) is 8.34. The van der Waals surface area contributed by atoms with Crippen LogP contribution in [0, 0.1) is 5.92 Å². The topological polar surface area (TPSA) is 103 Å². The number of amides is 1. The molecule has 2 N–H and O–H groups in total. The highest BCUT2D eigenvalue weighted by atomic mass is 16.6. The lowest BCUT2D eigenvalue weighted by molar-refractivity contribution is -0.125. The van der Waals surface area contributed by atoms with E-state index in [1.165, 1.54) is 0 Å². The molecule has 1 aromatic heterocycles. The maximum atomic E-state index is 12.7. The van der Waals surface area contributed by atoms with Crippen LogP contribution in [0.1, 0.15) is 70.1 Å². The lowest BCUT2D eigenvalue weighted by Gasteiger charge is -2.23. The van der Waals surface area contributed by atoms with Crippen molar-refractivity contribution in [3.63, 3.8) is 0 Å². The Morgan fingerprint density at radius 3 is 2.80 bits per heavy atom. The van der Waals surface area contributed by atoms with Gasteiger partial charge in [-0.15, -0.1) is 0 Å². The van der Waals surface area contributed by atoms with Crippen LogP contribution >= 0.6 is 0 Å². The largest absolute Gasteiger partial charge is 0.486 e. The first kappa shape index (κ1) is 25.2. The number of ether oxygens (including phenoxy) is 2. The third kappa shape index (κ3) is 6.84. The maximum absolute atomic E-state index is 12.7. The van der Waals surface area contributed by atoms with E-state index in [-0.39, 0.29) is 17.7 Å². The number of nitrogens with zero attached hydrogens (tertiary/aromatic N) is 1. The quantitative estimate of drug-likeness (QED) is 0.435. The number of oxazole rings is 1. The SMILES string of the molecule is CCC(=O)CCCCCC(CNC(=O)C1CCNCC1)c1ncc(-c2cccc3c2OCCO3)o1. The predicted octanol–water partition coefficient (Wildman–Crippen LogP) is 4.24. The molecular formula is C27H37N3O5. The summed E-state index contributed by atoms with van der Waals surface area (Å²) in [5, 5.41) is 6.46. The molecule has 8 nitrogen and oxygen atoms in total. The molecule has 190 valence electrons. The monoisotopic (exact) mass is 483 g/mol. The molecule has 0 saturated carbocycles. The van der Waals surface area contributed by atoms with Crippen LogP contribution in [0.15, 0.2) is 28.8 Å². The van der Waals surface area contributed by atoms with Crippen molar-refractivity contribution < 1.29 is 23.5 Å². The molecule has 1 fully saturated rings. The van der Waals surface area contributed by atoms with Crippen LogP contribution in [-0.2, 0) is 9.59 Å². The number of carbonyl (C=O) groups is 2. The van der Waals surface area contributed by atoms with Crippen LogP contribution in [0.3, 0.4) is 0 Å². The number of rotatable bonds is 12. The van der Waals surface area contributed by atoms with Crippen LogP contribution in [0.2, 0.25) is 0 Å². The van der Waals surface area contributed by atoms with Crippen molar-refractivity contribution in [3.8, 4) is 22.8 Å². The average molecular weight is 484 g/mol. The van der Waals surface area contributed by atoms with E-state index in [1.807, 2.05) is 25.1 Å². The van der Waals surface area contributed by atoms with Crippen molar-refractivity contribution in [2.45, 2.75) is 64.2 Å². The molecule has 1 aromatic carbocycles. The summed E-state index contributed by atoms with van der Waals surface area (Å²) in [5.41, 5.74) is 0.816. The van der Waals surface area contributed by atoms with Gasteiger partial charge in [0, 0.05) is 25.3 Å². The summed E-state index contributed by atoms with van der Waals surface area (Å²) in [6.45, 7) is 5.19. The van der Waals surface area contributed by atoms with E-state index < -0.39 is 0 Å². The van der Waals surface area contributed by atoms with Gasteiger partial charge in [-0.05, 0) is 50.9 Å². The summed E-state index contributed by atoms with van der Waals surface area (Å²) in [7, 11) is 0. The highest BCUT2D eigenvalue weighted by molar-refractivity contribution is 5.79. The molecular weight excluding hydrogens is 446 g/mol. The lowest BCUT2D eigenvalue weighted by Crippen LogP contribution is -2.39. The number of nitrogens with one attached hydrogen (secondary N) is 2. The van der Waals surface area contributed by atoms with Gasteiger partial charge in [-0.2, -0.15) is 0 Å². The van der Waals surface area contributed by atoms with Crippen molar-refractivity contribution in [2.75, 3.05) is 32.8 Å². The van der Waals surface area contributed by atoms with E-state index in [9.17, 15) is 9.59 Å². The van der Waals surface area contributed by atoms with Crippen molar-refractivity contribution in [3.05, 3.63) is 30.3 Å². The smallest absolute Gasteiger partial charge is 0.223 e. The third-order valence-electron chi connectivity index (χ3n) is 6.84. The van der Waals surface area contributed by atoms with Gasteiger partial charge in [-0.1, -0.05) is 25.8 Å². The van der Waals surface area contributed by atoms with E-state index in [4.69, 9.17) is 13.9 Å². The molecule has 0 bridgehead atoms. The predicted molar refractivity (Wildman–Crippen MR) is 133 cm³/mol. The summed E-state index contributed by atoms with van der Waals surface area (Å²) >= 11 is 0. The summed E-state index contributed by atoms with van der Waals surface area (Å²) in [4.78, 5) is 28.9. The van der Waals surface area contributed by atoms with E-state index in [1.54, 1.807) is 6.20 Å². The number of piperidine rings is 1. The van der Waals surface area contributed by atoms with Crippen LogP contribution in [0.25, 0.3) is 11.3 Å². The molecule has 0 radical (unpaired) electrons. The molecule has 2 aliphatic rings. The Labute approximate surface area is 207 Å². The molecule has 0 aliphatic carbocycles. The summed E-state index contributed by atoms with van der Waals surface area (Å²) in [5.74, 6) is 3.08. The fourth-order valence-electron chi connectivity index (χ4n) is 4.70. The first-order valence-corrected chi connectivity index (χ1v) is 13.0. The molecule has 0 spiro atoms. The Morgan fingerprint density at radius 2 is 1.97 bits per heavy atom. The van der Waals surface area contributed by atoms with Crippen molar-refractivity contribution in [2.24, 2.45) is 5.92 Å². The van der Waals surface area contributed by atoms with Crippen LogP contribution < -0.4 is 20.1 Å². The fourth-order valence-corrected chi connectivity index (χ4v) is 4.70. The van der Waals surface area contributed by atoms with Crippen molar-refractivity contribution >= 4 is 11.7 Å². The number of fused-ring (bicyclic) bond motifs is 1. The first-order chi connectivity index (χ1) is 17.2. The number of unbranched alkanes of at least 4 members (excludes halogenated alkanes) is 2. The minimum Gasteiger partial charge on any atom is -0.486 e. The zero-order chi connectivity index (χ0) is 24.5. The summed E-state index contributed by atoms with van der Waals surface area (Å²) < 4.78 is 17.8. The summed E-state index contributed by atoms with van der Waals surface area (Å²) in [6, 6.07) is 5.74. The molecule has 8 heteroatoms. The third-order valence-corrected chi connectivity index (χ3v) is 6.84. The average Bonchev–Trinajstić information content (AvgIpc) is 3.40. The van der Waals surface area contributed by atoms with Gasteiger partial charge in [0.2, 0.25) is 5.91 Å². The Hall–Kier alpha value is -2.87. The standard InChI is InChI=1S/C27H37N3O5/c1-2-21(31)8-5-3-4-7-20(17-29-26(32)19-11-13-28-14-12-19)27-30-18-24(35-27)22-9-6-10-23-25(22)34-16-15-33-23/h6,9-10,18-20,28H,2-5,7-8,11-17H2,1H3,(H,29,32). The molecule has 2 aliphatic heterocycles. The van der Waals surface area contributed by atoms with Gasteiger partial charge < -0.3 is 24.5 Å². The van der Waals surface area contributed by atoms with Crippen molar-refractivity contribution in [1.82, 2.24) is 15.6 Å². The number of ketones is 1. The Morgan fingerprint density at radius 1 is 1.14 bits per heavy atom. The minimum absolute atomic E-state index is 0.0343. The number of Topliss-reactive ketones (excluding diaryl/α,β-unsaturated/α-hetero) is 1. The molecule has 1 amide bonds. The number of aromatic nitrogens is 1. The normalized spacial score (nSPS) is 16.6. The second kappa shape index (κ2) is 12.7. The zero-order valence-electron chi connectivity index (χ0n) is 20.6. The second-order valence-electron chi connectivity index (χ2n) is 9.35. The van der Waals surface area contributed by atoms with E-state index in [2.05, 4.69) is 15.6 Å². The van der Waals surface area contributed by atoms with Crippen LogP contribution in [0.4, 0.5) is 0 Å². The second-order valence-corrected chi connectivity index (χ2v) is 9.35. The number of carbonyl (C=O) groups excluding carboxylic acids is 2. The first-order valence-electron chi connectivity index (χ1n) is 13.0. The Balaban J connectivity index is 1.42. The van der Waals surface area contributed by atoms with E-state index in [0.29, 0.717) is 61.5 Å². The van der Waals surface area contributed by atoms with Crippen LogP contribution in [0.5, 0.6) is 11.5 Å². The number of hydrogen-bond donors (Lipinski definition) is 2. The van der Waals surface area contributed by atoms with Crippen LogP contribution in [-0.4, -0.2) is 49.5 Å². The van der Waals surface area contributed by atoms with E-state index in [0.717, 1.165) is 57.2 Å². The Kier molecular flexibility index (Phi) is 9.17. The van der Waals surface area contributed by atoms with Gasteiger partial charge in [-0.3, -0.25) is 9.59 Å². The minimum atomic E-state index is -0.0343. The van der Waals surface area contributed by atoms with Gasteiger partial charge >= 0.3 is 0 Å². The molecule has 2 aromatic rings. The Bertz CT molecular complexity index is 983. The highest BCUT2D eigenvalue weighted by Crippen LogP contribution is 2.40. The van der Waals surface area contributed by atoms with Gasteiger partial charge in [0.25, 0.3) is 0 Å². The number of benzene rings is 1. The molecule has 3 heterocycles. The lowest BCUT2D eigenvalue weighted by atomic mass is 9.96. The van der Waals surface area contributed by atoms with Crippen molar-refractivity contribution in [1.29, 1.82) is 0 Å². The molecule has 4 rings (SSSR count). The van der Waals surface area contributed by atoms with Gasteiger partial charge in [-0.25, -0.2) is 4.98 Å². The highest BCUT2D eigenvalue weighted by Gasteiger charge is 2.25. The van der Waals surface area contributed by atoms with E-state index >= 15 is 0 Å². The van der Waals surface area contributed by atoms with Gasteiger partial charge in [0.15, 0.2) is 23.1 Å². The number of para-hydroxylation sites is 1. The molecule has 1 unspecified atom stereocenters. The number of hydrogen-bond acceptors (Lipinski definition) is 7. The molecule has 1 atom stereocenters. The maximum Gasteiger partial charge on any atom is 0.223 e. The molecule has 35 heavy (non-hydrogen) atoms.